The van der Waals surface area contributed by atoms with Gasteiger partial charge in [0.15, 0.2) is 0 Å². The van der Waals surface area contributed by atoms with E-state index >= 15 is 0 Å². The standard InChI is InChI=1S/C19H19NOS/c1-3-9-20-19(21)15-11-17(14-6-4-13(2)5-7-14)16-8-10-22-18(16)12-15/h4-8,10-12H,3,9H2,1-2H3,(H,20,21). The second kappa shape index (κ2) is 6.32. The molecule has 2 nitrogen and oxygen atoms in total. The molecule has 0 atom stereocenters. The van der Waals surface area contributed by atoms with E-state index in [1.165, 1.54) is 10.9 Å². The van der Waals surface area contributed by atoms with Crippen LogP contribution in [0.3, 0.4) is 0 Å². The van der Waals surface area contributed by atoms with Crippen LogP contribution < -0.4 is 5.32 Å². The summed E-state index contributed by atoms with van der Waals surface area (Å²) in [5, 5.41) is 6.25. The molecule has 112 valence electrons. The first kappa shape index (κ1) is 14.8. The van der Waals surface area contributed by atoms with Crippen molar-refractivity contribution in [1.82, 2.24) is 5.32 Å². The minimum atomic E-state index is 0.00510. The number of aryl methyl sites for hydroxylation is 1. The van der Waals surface area contributed by atoms with Gasteiger partial charge in [0.25, 0.3) is 5.91 Å². The predicted molar refractivity (Wildman–Crippen MR) is 94.6 cm³/mol. The maximum absolute atomic E-state index is 12.3. The van der Waals surface area contributed by atoms with E-state index in [0.717, 1.165) is 27.8 Å². The Morgan fingerprint density at radius 3 is 2.64 bits per heavy atom. The summed E-state index contributed by atoms with van der Waals surface area (Å²) < 4.78 is 1.15. The maximum atomic E-state index is 12.3. The summed E-state index contributed by atoms with van der Waals surface area (Å²) in [5.41, 5.74) is 4.25. The zero-order valence-corrected chi connectivity index (χ0v) is 13.7. The fraction of sp³-hybridized carbons (Fsp3) is 0.211. The first-order valence-corrected chi connectivity index (χ1v) is 8.43. The van der Waals surface area contributed by atoms with Gasteiger partial charge in [0.05, 0.1) is 0 Å². The number of amides is 1. The van der Waals surface area contributed by atoms with Gasteiger partial charge in [-0.2, -0.15) is 0 Å². The second-order valence-electron chi connectivity index (χ2n) is 5.48. The highest BCUT2D eigenvalue weighted by Gasteiger charge is 2.12. The van der Waals surface area contributed by atoms with Gasteiger partial charge in [0.2, 0.25) is 0 Å². The molecule has 2 aromatic carbocycles. The highest BCUT2D eigenvalue weighted by atomic mass is 32.1. The SMILES string of the molecule is CCCNC(=O)c1cc(-c2ccc(C)cc2)c2ccsc2c1. The summed E-state index contributed by atoms with van der Waals surface area (Å²) >= 11 is 1.67. The average molecular weight is 309 g/mol. The van der Waals surface area contributed by atoms with Crippen molar-refractivity contribution in [3.05, 3.63) is 59.0 Å². The smallest absolute Gasteiger partial charge is 0.251 e. The number of nitrogens with one attached hydrogen (secondary N) is 1. The highest BCUT2D eigenvalue weighted by molar-refractivity contribution is 7.17. The van der Waals surface area contributed by atoms with Crippen molar-refractivity contribution >= 4 is 27.3 Å². The van der Waals surface area contributed by atoms with Gasteiger partial charge >= 0.3 is 0 Å². The van der Waals surface area contributed by atoms with Gasteiger partial charge < -0.3 is 5.32 Å². The van der Waals surface area contributed by atoms with Crippen molar-refractivity contribution in [3.63, 3.8) is 0 Å². The highest BCUT2D eigenvalue weighted by Crippen LogP contribution is 2.33. The van der Waals surface area contributed by atoms with E-state index < -0.39 is 0 Å². The molecule has 22 heavy (non-hydrogen) atoms. The molecule has 1 aromatic heterocycles. The Bertz CT molecular complexity index is 802. The molecule has 0 aliphatic heterocycles. The first-order valence-electron chi connectivity index (χ1n) is 7.55. The van der Waals surface area contributed by atoms with E-state index in [2.05, 4.69) is 54.9 Å². The molecule has 1 heterocycles. The molecular formula is C19H19NOS. The number of rotatable bonds is 4. The van der Waals surface area contributed by atoms with E-state index in [0.29, 0.717) is 6.54 Å². The molecule has 0 spiro atoms. The Kier molecular flexibility index (Phi) is 4.25. The minimum Gasteiger partial charge on any atom is -0.352 e. The molecule has 0 aliphatic rings. The normalized spacial score (nSPS) is 10.8. The number of carbonyl (C=O) groups excluding carboxylic acids is 1. The Morgan fingerprint density at radius 1 is 1.14 bits per heavy atom. The number of hydrogen-bond acceptors (Lipinski definition) is 2. The van der Waals surface area contributed by atoms with Crippen molar-refractivity contribution in [3.8, 4) is 11.1 Å². The van der Waals surface area contributed by atoms with E-state index in [1.807, 2.05) is 12.1 Å². The molecular weight excluding hydrogens is 290 g/mol. The largest absolute Gasteiger partial charge is 0.352 e. The Hall–Kier alpha value is -2.13. The first-order chi connectivity index (χ1) is 10.7. The third-order valence-corrected chi connectivity index (χ3v) is 4.60. The second-order valence-corrected chi connectivity index (χ2v) is 6.43. The average Bonchev–Trinajstić information content (AvgIpc) is 3.01. The van der Waals surface area contributed by atoms with Crippen molar-refractivity contribution in [2.75, 3.05) is 6.54 Å². The molecule has 3 rings (SSSR count). The van der Waals surface area contributed by atoms with E-state index in [-0.39, 0.29) is 5.91 Å². The zero-order valence-electron chi connectivity index (χ0n) is 12.8. The third kappa shape index (κ3) is 2.90. The summed E-state index contributed by atoms with van der Waals surface area (Å²) in [6.07, 6.45) is 0.942. The molecule has 0 fully saturated rings. The predicted octanol–water partition coefficient (Wildman–Crippen LogP) is 5.02. The molecule has 3 aromatic rings. The lowest BCUT2D eigenvalue weighted by Gasteiger charge is -2.09. The number of hydrogen-bond donors (Lipinski definition) is 1. The Balaban J connectivity index is 2.09. The molecule has 3 heteroatoms. The molecule has 0 aliphatic carbocycles. The van der Waals surface area contributed by atoms with Gasteiger partial charge in [0, 0.05) is 22.2 Å². The van der Waals surface area contributed by atoms with Gasteiger partial charge in [-0.25, -0.2) is 0 Å². The van der Waals surface area contributed by atoms with Gasteiger partial charge in [-0.3, -0.25) is 4.79 Å². The quantitative estimate of drug-likeness (QED) is 0.720. The molecule has 0 radical (unpaired) electrons. The van der Waals surface area contributed by atoms with E-state index in [9.17, 15) is 4.79 Å². The molecule has 0 saturated heterocycles. The van der Waals surface area contributed by atoms with Crippen LogP contribution >= 0.6 is 11.3 Å². The monoisotopic (exact) mass is 309 g/mol. The summed E-state index contributed by atoms with van der Waals surface area (Å²) in [5.74, 6) is 0.00510. The van der Waals surface area contributed by atoms with Crippen LogP contribution in [0.15, 0.2) is 47.8 Å². The van der Waals surface area contributed by atoms with Gasteiger partial charge in [-0.05, 0) is 48.1 Å². The number of benzene rings is 2. The number of thiophene rings is 1. The molecule has 0 saturated carbocycles. The minimum absolute atomic E-state index is 0.00510. The summed E-state index contributed by atoms with van der Waals surface area (Å²) in [6.45, 7) is 4.85. The Labute approximate surface area is 134 Å². The van der Waals surface area contributed by atoms with E-state index in [4.69, 9.17) is 0 Å². The Morgan fingerprint density at radius 2 is 1.91 bits per heavy atom. The summed E-state index contributed by atoms with van der Waals surface area (Å²) in [6, 6.07) is 14.6. The fourth-order valence-corrected chi connectivity index (χ4v) is 3.37. The lowest BCUT2D eigenvalue weighted by Crippen LogP contribution is -2.23. The zero-order chi connectivity index (χ0) is 15.5. The van der Waals surface area contributed by atoms with Crippen LogP contribution in [0, 0.1) is 6.92 Å². The van der Waals surface area contributed by atoms with Crippen LogP contribution in [0.2, 0.25) is 0 Å². The number of carbonyl (C=O) groups is 1. The fourth-order valence-electron chi connectivity index (χ4n) is 2.52. The van der Waals surface area contributed by atoms with Crippen LogP contribution in [0.1, 0.15) is 29.3 Å². The van der Waals surface area contributed by atoms with Crippen molar-refractivity contribution < 1.29 is 4.79 Å². The van der Waals surface area contributed by atoms with Crippen molar-refractivity contribution in [2.24, 2.45) is 0 Å². The lowest BCUT2D eigenvalue weighted by atomic mass is 9.98. The lowest BCUT2D eigenvalue weighted by molar-refractivity contribution is 0.0954. The van der Waals surface area contributed by atoms with Gasteiger partial charge in [-0.1, -0.05) is 36.8 Å². The molecule has 0 bridgehead atoms. The topological polar surface area (TPSA) is 29.1 Å². The van der Waals surface area contributed by atoms with Crippen LogP contribution in [0.4, 0.5) is 0 Å². The van der Waals surface area contributed by atoms with Crippen molar-refractivity contribution in [2.45, 2.75) is 20.3 Å². The molecule has 1 amide bonds. The molecule has 0 unspecified atom stereocenters. The van der Waals surface area contributed by atoms with Crippen LogP contribution in [0.5, 0.6) is 0 Å². The summed E-state index contributed by atoms with van der Waals surface area (Å²) in [4.78, 5) is 12.3. The third-order valence-electron chi connectivity index (χ3n) is 3.73. The van der Waals surface area contributed by atoms with Crippen LogP contribution in [-0.4, -0.2) is 12.5 Å². The molecule has 1 N–H and O–H groups in total. The van der Waals surface area contributed by atoms with Crippen LogP contribution in [-0.2, 0) is 0 Å². The van der Waals surface area contributed by atoms with Gasteiger partial charge in [0.1, 0.15) is 0 Å². The van der Waals surface area contributed by atoms with Gasteiger partial charge in [-0.15, -0.1) is 11.3 Å². The van der Waals surface area contributed by atoms with E-state index in [1.54, 1.807) is 11.3 Å². The van der Waals surface area contributed by atoms with Crippen LogP contribution in [0.25, 0.3) is 21.2 Å². The summed E-state index contributed by atoms with van der Waals surface area (Å²) in [7, 11) is 0. The maximum Gasteiger partial charge on any atom is 0.251 e. The number of fused-ring (bicyclic) bond motifs is 1. The van der Waals surface area contributed by atoms with Crippen molar-refractivity contribution in [1.29, 1.82) is 0 Å².